The van der Waals surface area contributed by atoms with E-state index in [0.29, 0.717) is 11.5 Å². The molecule has 0 fully saturated rings. The molecule has 0 atom stereocenters. The zero-order chi connectivity index (χ0) is 12.8. The number of carbonyl (C=O) groups is 1. The Morgan fingerprint density at radius 1 is 1.11 bits per heavy atom. The number of benzene rings is 1. The normalized spacial score (nSPS) is 11.1. The molecule has 4 nitrogen and oxygen atoms in total. The van der Waals surface area contributed by atoms with Crippen molar-refractivity contribution >= 4 is 17.9 Å². The third kappa shape index (κ3) is 3.25. The Balaban J connectivity index is 2.08. The molecule has 0 saturated heterocycles. The second-order valence-electron chi connectivity index (χ2n) is 3.76. The van der Waals surface area contributed by atoms with Crippen molar-refractivity contribution < 1.29 is 4.79 Å². The molecule has 0 saturated carbocycles. The van der Waals surface area contributed by atoms with Crippen LogP contribution in [0, 0.1) is 0 Å². The number of carbonyl (C=O) groups excluding carboxylic acids is 1. The van der Waals surface area contributed by atoms with Crippen molar-refractivity contribution in [2.75, 3.05) is 5.32 Å². The van der Waals surface area contributed by atoms with Gasteiger partial charge in [-0.3, -0.25) is 10.1 Å². The summed E-state index contributed by atoms with van der Waals surface area (Å²) in [4.78, 5) is 19.7. The molecule has 2 aromatic rings. The van der Waals surface area contributed by atoms with Crippen LogP contribution in [0.2, 0.25) is 0 Å². The first kappa shape index (κ1) is 12.0. The van der Waals surface area contributed by atoms with E-state index in [0.717, 1.165) is 5.56 Å². The fourth-order valence-electron chi connectivity index (χ4n) is 1.43. The first-order valence-electron chi connectivity index (χ1n) is 5.57. The van der Waals surface area contributed by atoms with Crippen molar-refractivity contribution in [2.45, 2.75) is 6.92 Å². The van der Waals surface area contributed by atoms with Gasteiger partial charge in [0.2, 0.25) is 5.95 Å². The maximum atomic E-state index is 11.9. The molecule has 0 unspecified atom stereocenters. The predicted octanol–water partition coefficient (Wildman–Crippen LogP) is 2.52. The van der Waals surface area contributed by atoms with E-state index in [2.05, 4.69) is 15.3 Å². The lowest BCUT2D eigenvalue weighted by molar-refractivity contribution is -0.112. The van der Waals surface area contributed by atoms with E-state index in [1.54, 1.807) is 25.4 Å². The molecule has 4 heteroatoms. The van der Waals surface area contributed by atoms with Crippen molar-refractivity contribution in [1.29, 1.82) is 0 Å². The van der Waals surface area contributed by atoms with Gasteiger partial charge in [-0.25, -0.2) is 9.97 Å². The number of nitrogens with zero attached hydrogens (tertiary/aromatic N) is 2. The van der Waals surface area contributed by atoms with E-state index in [9.17, 15) is 4.79 Å². The Kier molecular flexibility index (Phi) is 3.81. The van der Waals surface area contributed by atoms with Crippen LogP contribution in [0.1, 0.15) is 12.5 Å². The van der Waals surface area contributed by atoms with E-state index in [1.807, 2.05) is 36.4 Å². The van der Waals surface area contributed by atoms with Gasteiger partial charge in [-0.15, -0.1) is 0 Å². The van der Waals surface area contributed by atoms with Gasteiger partial charge in [0, 0.05) is 18.0 Å². The van der Waals surface area contributed by atoms with Crippen LogP contribution in [0.15, 0.2) is 54.4 Å². The molecule has 0 aliphatic carbocycles. The number of amides is 1. The molecule has 1 aromatic carbocycles. The Morgan fingerprint density at radius 2 is 1.78 bits per heavy atom. The van der Waals surface area contributed by atoms with Gasteiger partial charge in [-0.2, -0.15) is 0 Å². The zero-order valence-corrected chi connectivity index (χ0v) is 10.00. The van der Waals surface area contributed by atoms with Crippen LogP contribution >= 0.6 is 0 Å². The van der Waals surface area contributed by atoms with Crippen LogP contribution < -0.4 is 5.32 Å². The van der Waals surface area contributed by atoms with Gasteiger partial charge in [0.05, 0.1) is 0 Å². The number of hydrogen-bond acceptors (Lipinski definition) is 3. The van der Waals surface area contributed by atoms with Crippen LogP contribution in [0.5, 0.6) is 0 Å². The minimum atomic E-state index is -0.204. The smallest absolute Gasteiger partial charge is 0.253 e. The van der Waals surface area contributed by atoms with Crippen molar-refractivity contribution in [3.8, 4) is 0 Å². The molecule has 90 valence electrons. The highest BCUT2D eigenvalue weighted by molar-refractivity contribution is 6.05. The van der Waals surface area contributed by atoms with E-state index < -0.39 is 0 Å². The molecule has 1 aromatic heterocycles. The van der Waals surface area contributed by atoms with Gasteiger partial charge in [-0.1, -0.05) is 30.3 Å². The molecule has 0 aliphatic rings. The van der Waals surface area contributed by atoms with Crippen molar-refractivity contribution in [3.05, 3.63) is 59.9 Å². The Hall–Kier alpha value is -2.49. The van der Waals surface area contributed by atoms with Crippen molar-refractivity contribution in [2.24, 2.45) is 0 Å². The highest BCUT2D eigenvalue weighted by atomic mass is 16.1. The number of nitrogens with one attached hydrogen (secondary N) is 1. The summed E-state index contributed by atoms with van der Waals surface area (Å²) in [6.07, 6.45) is 4.98. The molecule has 18 heavy (non-hydrogen) atoms. The highest BCUT2D eigenvalue weighted by Gasteiger charge is 2.05. The van der Waals surface area contributed by atoms with E-state index in [-0.39, 0.29) is 5.91 Å². The SMILES string of the molecule is CC(=Cc1ccccc1)C(=O)Nc1ncccn1. The number of hydrogen-bond donors (Lipinski definition) is 1. The van der Waals surface area contributed by atoms with Gasteiger partial charge >= 0.3 is 0 Å². The maximum absolute atomic E-state index is 11.9. The molecule has 1 heterocycles. The summed E-state index contributed by atoms with van der Waals surface area (Å²) in [6.45, 7) is 1.76. The molecule has 2 rings (SSSR count). The number of aromatic nitrogens is 2. The van der Waals surface area contributed by atoms with E-state index in [4.69, 9.17) is 0 Å². The lowest BCUT2D eigenvalue weighted by Gasteiger charge is -2.03. The summed E-state index contributed by atoms with van der Waals surface area (Å²) in [6, 6.07) is 11.4. The molecular weight excluding hydrogens is 226 g/mol. The lowest BCUT2D eigenvalue weighted by atomic mass is 10.1. The largest absolute Gasteiger partial charge is 0.291 e. The third-order valence-corrected chi connectivity index (χ3v) is 2.33. The minimum absolute atomic E-state index is 0.204. The van der Waals surface area contributed by atoms with Crippen LogP contribution in [0.4, 0.5) is 5.95 Å². The molecule has 1 amide bonds. The molecular formula is C14H13N3O. The fraction of sp³-hybridized carbons (Fsp3) is 0.0714. The van der Waals surface area contributed by atoms with Gasteiger partial charge in [0.15, 0.2) is 0 Å². The first-order chi connectivity index (χ1) is 8.75. The Morgan fingerprint density at radius 3 is 2.44 bits per heavy atom. The Bertz CT molecular complexity index is 550. The Labute approximate surface area is 105 Å². The fourth-order valence-corrected chi connectivity index (χ4v) is 1.43. The summed E-state index contributed by atoms with van der Waals surface area (Å²) in [5, 5.41) is 2.63. The minimum Gasteiger partial charge on any atom is -0.291 e. The second-order valence-corrected chi connectivity index (χ2v) is 3.76. The number of anilines is 1. The van der Waals surface area contributed by atoms with Crippen molar-refractivity contribution in [1.82, 2.24) is 9.97 Å². The molecule has 0 bridgehead atoms. The maximum Gasteiger partial charge on any atom is 0.253 e. The van der Waals surface area contributed by atoms with Crippen LogP contribution in [-0.2, 0) is 4.79 Å². The summed E-state index contributed by atoms with van der Waals surface area (Å²) >= 11 is 0. The third-order valence-electron chi connectivity index (χ3n) is 2.33. The van der Waals surface area contributed by atoms with E-state index in [1.165, 1.54) is 0 Å². The van der Waals surface area contributed by atoms with Gasteiger partial charge in [0.1, 0.15) is 0 Å². The van der Waals surface area contributed by atoms with Crippen LogP contribution in [-0.4, -0.2) is 15.9 Å². The first-order valence-corrected chi connectivity index (χ1v) is 5.57. The molecule has 0 spiro atoms. The summed E-state index contributed by atoms with van der Waals surface area (Å²) < 4.78 is 0. The van der Waals surface area contributed by atoms with Crippen LogP contribution in [0.25, 0.3) is 6.08 Å². The van der Waals surface area contributed by atoms with Crippen LogP contribution in [0.3, 0.4) is 0 Å². The van der Waals surface area contributed by atoms with Crippen molar-refractivity contribution in [3.63, 3.8) is 0 Å². The predicted molar refractivity (Wildman–Crippen MR) is 70.8 cm³/mol. The van der Waals surface area contributed by atoms with Gasteiger partial charge in [-0.05, 0) is 24.6 Å². The van der Waals surface area contributed by atoms with Gasteiger partial charge < -0.3 is 0 Å². The monoisotopic (exact) mass is 239 g/mol. The van der Waals surface area contributed by atoms with Gasteiger partial charge in [0.25, 0.3) is 5.91 Å². The standard InChI is InChI=1S/C14H13N3O/c1-11(10-12-6-3-2-4-7-12)13(18)17-14-15-8-5-9-16-14/h2-10H,1H3,(H,15,16,17,18). The molecule has 0 aliphatic heterocycles. The topological polar surface area (TPSA) is 54.9 Å². The summed E-state index contributed by atoms with van der Waals surface area (Å²) in [5.41, 5.74) is 1.59. The summed E-state index contributed by atoms with van der Waals surface area (Å²) in [5.74, 6) is 0.105. The molecule has 1 N–H and O–H groups in total. The second kappa shape index (κ2) is 5.72. The molecule has 0 radical (unpaired) electrons. The quantitative estimate of drug-likeness (QED) is 0.837. The average molecular weight is 239 g/mol. The summed E-state index contributed by atoms with van der Waals surface area (Å²) in [7, 11) is 0. The average Bonchev–Trinajstić information content (AvgIpc) is 2.41. The zero-order valence-electron chi connectivity index (χ0n) is 10.00. The lowest BCUT2D eigenvalue weighted by Crippen LogP contribution is -2.14. The highest BCUT2D eigenvalue weighted by Crippen LogP contribution is 2.07. The van der Waals surface area contributed by atoms with E-state index >= 15 is 0 Å². The number of rotatable bonds is 3.